The van der Waals surface area contributed by atoms with E-state index < -0.39 is 22.1 Å². The van der Waals surface area contributed by atoms with Gasteiger partial charge in [0.05, 0.1) is 15.5 Å². The maximum Gasteiger partial charge on any atom is 0.340 e. The van der Waals surface area contributed by atoms with Gasteiger partial charge in [-0.3, -0.25) is 0 Å². The molecule has 0 fully saturated rings. The number of sulfonamides is 1. The van der Waals surface area contributed by atoms with Crippen molar-refractivity contribution >= 4 is 27.6 Å². The van der Waals surface area contributed by atoms with Crippen molar-refractivity contribution in [3.05, 3.63) is 64.2 Å². The molecule has 0 radical (unpaired) electrons. The molecule has 0 aliphatic carbocycles. The topological polar surface area (TPSA) is 63.7 Å². The summed E-state index contributed by atoms with van der Waals surface area (Å²) in [5.41, 5.74) is 1.96. The second kappa shape index (κ2) is 7.56. The number of benzene rings is 2. The van der Waals surface area contributed by atoms with Gasteiger partial charge < -0.3 is 4.74 Å². The SMILES string of the molecule is Cc1ccc([C@H](C)OC(=O)c2cc(S(=O)(=O)N(C)C)ccc2Cl)cc1. The van der Waals surface area contributed by atoms with Crippen molar-refractivity contribution in [1.29, 1.82) is 0 Å². The van der Waals surface area contributed by atoms with Crippen molar-refractivity contribution < 1.29 is 17.9 Å². The molecule has 0 amide bonds. The summed E-state index contributed by atoms with van der Waals surface area (Å²) >= 11 is 6.06. The van der Waals surface area contributed by atoms with Crippen LogP contribution in [0.2, 0.25) is 5.02 Å². The van der Waals surface area contributed by atoms with Crippen LogP contribution in [0.5, 0.6) is 0 Å². The maximum absolute atomic E-state index is 12.5. The lowest BCUT2D eigenvalue weighted by molar-refractivity contribution is 0.0338. The molecule has 0 N–H and O–H groups in total. The summed E-state index contributed by atoms with van der Waals surface area (Å²) in [4.78, 5) is 12.4. The Hall–Kier alpha value is -1.89. The predicted octanol–water partition coefficient (Wildman–Crippen LogP) is 3.82. The average Bonchev–Trinajstić information content (AvgIpc) is 2.55. The van der Waals surface area contributed by atoms with Crippen LogP contribution in [-0.2, 0) is 14.8 Å². The molecule has 2 aromatic rings. The Balaban J connectivity index is 2.28. The van der Waals surface area contributed by atoms with E-state index in [1.54, 1.807) is 6.92 Å². The lowest BCUT2D eigenvalue weighted by Crippen LogP contribution is -2.22. The van der Waals surface area contributed by atoms with Crippen LogP contribution < -0.4 is 0 Å². The smallest absolute Gasteiger partial charge is 0.340 e. The quantitative estimate of drug-likeness (QED) is 0.738. The molecular weight excluding hydrogens is 362 g/mol. The molecule has 0 spiro atoms. The second-order valence-corrected chi connectivity index (χ2v) is 8.45. The minimum Gasteiger partial charge on any atom is -0.454 e. The van der Waals surface area contributed by atoms with E-state index in [1.165, 1.54) is 32.3 Å². The van der Waals surface area contributed by atoms with Gasteiger partial charge in [0.25, 0.3) is 0 Å². The van der Waals surface area contributed by atoms with E-state index in [4.69, 9.17) is 16.3 Å². The average molecular weight is 382 g/mol. The Bertz CT molecular complexity index is 876. The highest BCUT2D eigenvalue weighted by atomic mass is 35.5. The number of aryl methyl sites for hydroxylation is 1. The Morgan fingerprint density at radius 2 is 1.72 bits per heavy atom. The summed E-state index contributed by atoms with van der Waals surface area (Å²) < 4.78 is 31.0. The number of carbonyl (C=O) groups excluding carboxylic acids is 1. The van der Waals surface area contributed by atoms with Gasteiger partial charge in [0.1, 0.15) is 6.10 Å². The predicted molar refractivity (Wildman–Crippen MR) is 97.3 cm³/mol. The summed E-state index contributed by atoms with van der Waals surface area (Å²) in [6, 6.07) is 11.6. The zero-order valence-corrected chi connectivity index (χ0v) is 16.1. The Labute approximate surface area is 153 Å². The van der Waals surface area contributed by atoms with E-state index in [2.05, 4.69) is 0 Å². The molecule has 7 heteroatoms. The van der Waals surface area contributed by atoms with Crippen LogP contribution in [0, 0.1) is 6.92 Å². The van der Waals surface area contributed by atoms with Gasteiger partial charge in [0, 0.05) is 14.1 Å². The minimum absolute atomic E-state index is 0.0168. The summed E-state index contributed by atoms with van der Waals surface area (Å²) in [6.45, 7) is 3.72. The molecule has 0 unspecified atom stereocenters. The number of hydrogen-bond donors (Lipinski definition) is 0. The van der Waals surface area contributed by atoms with Gasteiger partial charge in [-0.05, 0) is 37.6 Å². The zero-order chi connectivity index (χ0) is 18.8. The number of esters is 1. The molecule has 5 nitrogen and oxygen atoms in total. The van der Waals surface area contributed by atoms with Crippen molar-refractivity contribution in [3.63, 3.8) is 0 Å². The zero-order valence-electron chi connectivity index (χ0n) is 14.5. The normalized spacial score (nSPS) is 12.9. The third-order valence-electron chi connectivity index (χ3n) is 3.77. The first-order chi connectivity index (χ1) is 11.6. The number of hydrogen-bond acceptors (Lipinski definition) is 4. The van der Waals surface area contributed by atoms with Gasteiger partial charge in [0.2, 0.25) is 10.0 Å². The van der Waals surface area contributed by atoms with Crippen molar-refractivity contribution in [2.24, 2.45) is 0 Å². The Morgan fingerprint density at radius 1 is 1.12 bits per heavy atom. The van der Waals surface area contributed by atoms with Crippen molar-refractivity contribution in [2.75, 3.05) is 14.1 Å². The van der Waals surface area contributed by atoms with Gasteiger partial charge in [-0.1, -0.05) is 41.4 Å². The number of nitrogens with zero attached hydrogens (tertiary/aromatic N) is 1. The van der Waals surface area contributed by atoms with E-state index in [9.17, 15) is 13.2 Å². The Kier molecular flexibility index (Phi) is 5.87. The van der Waals surface area contributed by atoms with Crippen LogP contribution in [0.15, 0.2) is 47.4 Å². The van der Waals surface area contributed by atoms with Crippen molar-refractivity contribution in [1.82, 2.24) is 4.31 Å². The van der Waals surface area contributed by atoms with Crippen molar-refractivity contribution in [2.45, 2.75) is 24.8 Å². The lowest BCUT2D eigenvalue weighted by Gasteiger charge is -2.16. The van der Waals surface area contributed by atoms with E-state index in [0.717, 1.165) is 15.4 Å². The summed E-state index contributed by atoms with van der Waals surface area (Å²) in [5.74, 6) is -0.672. The third kappa shape index (κ3) is 4.39. The molecule has 0 aliphatic heterocycles. The number of carbonyl (C=O) groups is 1. The molecule has 25 heavy (non-hydrogen) atoms. The van der Waals surface area contributed by atoms with Gasteiger partial charge in [0.15, 0.2) is 0 Å². The maximum atomic E-state index is 12.5. The summed E-state index contributed by atoms with van der Waals surface area (Å²) in [7, 11) is -0.832. The highest BCUT2D eigenvalue weighted by Crippen LogP contribution is 2.25. The van der Waals surface area contributed by atoms with Crippen LogP contribution in [0.25, 0.3) is 0 Å². The molecule has 134 valence electrons. The van der Waals surface area contributed by atoms with Crippen LogP contribution >= 0.6 is 11.6 Å². The number of rotatable bonds is 5. The van der Waals surface area contributed by atoms with Crippen LogP contribution in [0.3, 0.4) is 0 Å². The molecular formula is C18H20ClNO4S. The van der Waals surface area contributed by atoms with E-state index in [-0.39, 0.29) is 15.5 Å². The van der Waals surface area contributed by atoms with Crippen LogP contribution in [0.1, 0.15) is 34.5 Å². The minimum atomic E-state index is -3.67. The fraction of sp³-hybridized carbons (Fsp3) is 0.278. The molecule has 2 rings (SSSR count). The molecule has 0 saturated heterocycles. The monoisotopic (exact) mass is 381 g/mol. The third-order valence-corrected chi connectivity index (χ3v) is 5.91. The van der Waals surface area contributed by atoms with E-state index in [1.807, 2.05) is 31.2 Å². The number of ether oxygens (including phenoxy) is 1. The molecule has 0 aromatic heterocycles. The Morgan fingerprint density at radius 3 is 2.28 bits per heavy atom. The number of halogens is 1. The fourth-order valence-electron chi connectivity index (χ4n) is 2.16. The van der Waals surface area contributed by atoms with Gasteiger partial charge in [-0.2, -0.15) is 0 Å². The standard InChI is InChI=1S/C18H20ClNO4S/c1-12-5-7-14(8-6-12)13(2)24-18(21)16-11-15(9-10-17(16)19)25(22,23)20(3)4/h5-11,13H,1-4H3/t13-/m0/s1. The highest BCUT2D eigenvalue weighted by Gasteiger charge is 2.22. The van der Waals surface area contributed by atoms with Gasteiger partial charge >= 0.3 is 5.97 Å². The molecule has 2 aromatic carbocycles. The van der Waals surface area contributed by atoms with Crippen LogP contribution in [0.4, 0.5) is 0 Å². The summed E-state index contributed by atoms with van der Waals surface area (Å²) in [6.07, 6.45) is -0.488. The first kappa shape index (κ1) is 19.4. The highest BCUT2D eigenvalue weighted by molar-refractivity contribution is 7.89. The lowest BCUT2D eigenvalue weighted by atomic mass is 10.1. The van der Waals surface area contributed by atoms with Crippen molar-refractivity contribution in [3.8, 4) is 0 Å². The summed E-state index contributed by atoms with van der Waals surface area (Å²) in [5, 5.41) is 0.138. The van der Waals surface area contributed by atoms with Gasteiger partial charge in [-0.15, -0.1) is 0 Å². The van der Waals surface area contributed by atoms with E-state index >= 15 is 0 Å². The second-order valence-electron chi connectivity index (χ2n) is 5.89. The van der Waals surface area contributed by atoms with Gasteiger partial charge in [-0.25, -0.2) is 17.5 Å². The largest absolute Gasteiger partial charge is 0.454 e. The molecule has 0 aliphatic rings. The van der Waals surface area contributed by atoms with E-state index in [0.29, 0.717) is 0 Å². The molecule has 0 saturated carbocycles. The molecule has 0 heterocycles. The first-order valence-corrected chi connectivity index (χ1v) is 9.44. The molecule has 1 atom stereocenters. The first-order valence-electron chi connectivity index (χ1n) is 7.62. The molecule has 0 bridgehead atoms. The fourth-order valence-corrected chi connectivity index (χ4v) is 3.28. The van der Waals surface area contributed by atoms with Crippen LogP contribution in [-0.4, -0.2) is 32.8 Å².